The van der Waals surface area contributed by atoms with Crippen LogP contribution >= 0.6 is 0 Å². The predicted octanol–water partition coefficient (Wildman–Crippen LogP) is 11.2. The minimum atomic E-state index is -0.207. The van der Waals surface area contributed by atoms with Gasteiger partial charge in [-0.15, -0.1) is 40.7 Å². The summed E-state index contributed by atoms with van der Waals surface area (Å²) in [7, 11) is 0. The first-order valence-electron chi connectivity index (χ1n) is 20.4. The molecule has 2 aliphatic rings. The van der Waals surface area contributed by atoms with E-state index in [1.54, 1.807) is 0 Å². The zero-order valence-electron chi connectivity index (χ0n) is 32.6. The largest absolute Gasteiger partial charge is 2.00 e. The van der Waals surface area contributed by atoms with Gasteiger partial charge in [0.2, 0.25) is 6.71 Å². The first-order valence-corrected chi connectivity index (χ1v) is 20.4. The Balaban J connectivity index is 0.00000399. The molecule has 0 amide bonds. The molecule has 11 aromatic rings. The van der Waals surface area contributed by atoms with Gasteiger partial charge in [0.15, 0.2) is 0 Å². The van der Waals surface area contributed by atoms with Crippen LogP contribution in [0, 0.1) is 12.1 Å². The normalized spacial score (nSPS) is 12.7. The quantitative estimate of drug-likeness (QED) is 0.130. The van der Waals surface area contributed by atoms with Gasteiger partial charge in [-0.25, -0.2) is 4.98 Å². The summed E-state index contributed by atoms with van der Waals surface area (Å²) in [6.45, 7) is -0.207. The summed E-state index contributed by atoms with van der Waals surface area (Å²) in [5.74, 6) is 0.859. The monoisotopic (exact) mass is 956 g/mol. The van der Waals surface area contributed by atoms with Crippen molar-refractivity contribution in [3.63, 3.8) is 0 Å². The van der Waals surface area contributed by atoms with Gasteiger partial charge in [-0.05, 0) is 81.5 Å². The Morgan fingerprint density at radius 2 is 1.00 bits per heavy atom. The number of rotatable bonds is 4. The van der Waals surface area contributed by atoms with Crippen molar-refractivity contribution in [2.45, 2.75) is 0 Å². The molecule has 0 aliphatic carbocycles. The van der Waals surface area contributed by atoms with Crippen molar-refractivity contribution in [3.8, 4) is 17.1 Å². The van der Waals surface area contributed by atoms with E-state index in [1.165, 1.54) is 27.0 Å². The molecule has 0 spiro atoms. The van der Waals surface area contributed by atoms with Gasteiger partial charge in [0, 0.05) is 51.4 Å². The molecular formula is C54H32BN5Pt. The van der Waals surface area contributed by atoms with Gasteiger partial charge in [0.25, 0.3) is 0 Å². The number of nitrogens with zero attached hydrogens (tertiary/aromatic N) is 5. The Morgan fingerprint density at radius 3 is 1.69 bits per heavy atom. The number of pyridine rings is 2. The Hall–Kier alpha value is -7.27. The van der Waals surface area contributed by atoms with Crippen molar-refractivity contribution < 1.29 is 21.1 Å². The maximum absolute atomic E-state index is 4.89. The molecule has 0 atom stereocenters. The summed E-state index contributed by atoms with van der Waals surface area (Å²) in [6.07, 6.45) is 3.73. The summed E-state index contributed by atoms with van der Waals surface area (Å²) in [4.78, 5) is 14.7. The van der Waals surface area contributed by atoms with Crippen LogP contribution in [0.1, 0.15) is 0 Å². The molecule has 7 heteroatoms. The van der Waals surface area contributed by atoms with Crippen LogP contribution in [0.2, 0.25) is 0 Å². The molecule has 0 bridgehead atoms. The molecule has 61 heavy (non-hydrogen) atoms. The fourth-order valence-electron chi connectivity index (χ4n) is 9.90. The summed E-state index contributed by atoms with van der Waals surface area (Å²) in [6, 6.07) is 73.3. The van der Waals surface area contributed by atoms with E-state index in [4.69, 9.17) is 9.97 Å². The molecule has 5 heterocycles. The van der Waals surface area contributed by atoms with Crippen LogP contribution in [-0.2, 0) is 21.1 Å². The molecular weight excluding hydrogens is 925 g/mol. The average Bonchev–Trinajstić information content (AvgIpc) is 3.64. The first kappa shape index (κ1) is 35.7. The van der Waals surface area contributed by atoms with E-state index < -0.39 is 0 Å². The van der Waals surface area contributed by atoms with Crippen LogP contribution in [-0.4, -0.2) is 21.2 Å². The van der Waals surface area contributed by atoms with Gasteiger partial charge in [-0.1, -0.05) is 126 Å². The molecule has 0 radical (unpaired) electrons. The number of fused-ring (bicyclic) bond motifs is 9. The standard InChI is InChI=1S/C54H32BN5.Pt/c1-3-18-38-35(14-1)16-11-23-45(38)58-48-29-28-37(44-21-7-9-30-56-44)32-42(48)55-43-34-51-41(40-20-5-6-22-47(40)60(51)53-27-8-10-31-57-53)33-52(43)59(50-26-13-25-49(58)54(50)55)46-24-12-17-36-15-2-4-19-39(36)46;/h1-31,33H;/q-2;+2. The number of hydrogen-bond acceptors (Lipinski definition) is 4. The van der Waals surface area contributed by atoms with E-state index in [2.05, 4.69) is 190 Å². The smallest absolute Gasteiger partial charge is 0.366 e. The van der Waals surface area contributed by atoms with Crippen LogP contribution in [0.25, 0.3) is 60.4 Å². The Bertz CT molecular complexity index is 3520. The minimum Gasteiger partial charge on any atom is -0.366 e. The van der Waals surface area contributed by atoms with Crippen LogP contribution < -0.4 is 26.2 Å². The fourth-order valence-corrected chi connectivity index (χ4v) is 9.90. The van der Waals surface area contributed by atoms with Gasteiger partial charge in [-0.3, -0.25) is 0 Å². The van der Waals surface area contributed by atoms with E-state index >= 15 is 0 Å². The van der Waals surface area contributed by atoms with Crippen LogP contribution in [0.3, 0.4) is 0 Å². The van der Waals surface area contributed by atoms with Crippen molar-refractivity contribution in [2.75, 3.05) is 9.80 Å². The van der Waals surface area contributed by atoms with E-state index in [0.29, 0.717) is 0 Å². The Labute approximate surface area is 367 Å². The predicted molar refractivity (Wildman–Crippen MR) is 249 cm³/mol. The molecule has 8 aromatic carbocycles. The van der Waals surface area contributed by atoms with Crippen molar-refractivity contribution in [2.24, 2.45) is 0 Å². The van der Waals surface area contributed by atoms with E-state index in [9.17, 15) is 0 Å². The van der Waals surface area contributed by atoms with Crippen LogP contribution in [0.15, 0.2) is 194 Å². The summed E-state index contributed by atoms with van der Waals surface area (Å²) < 4.78 is 2.27. The number of para-hydroxylation sites is 1. The second kappa shape index (κ2) is 13.9. The zero-order valence-corrected chi connectivity index (χ0v) is 34.9. The maximum Gasteiger partial charge on any atom is 2.00 e. The van der Waals surface area contributed by atoms with E-state index in [0.717, 1.165) is 83.9 Å². The van der Waals surface area contributed by atoms with Crippen molar-refractivity contribution in [1.82, 2.24) is 14.5 Å². The van der Waals surface area contributed by atoms with Crippen molar-refractivity contribution in [3.05, 3.63) is 207 Å². The second-order valence-corrected chi connectivity index (χ2v) is 15.6. The topological polar surface area (TPSA) is 37.2 Å². The van der Waals surface area contributed by atoms with E-state index in [-0.39, 0.29) is 27.8 Å². The SMILES string of the molecule is [Pt+2].[c-]1c(-c2ccccn2)ccc2c1B1c3[c-]c4c(cc3N(c3cccc5ccccc35)c3cccc(c31)N2c1cccc2ccccc12)c1ccccc1n4-c1ccccn1. The average molecular weight is 957 g/mol. The molecule has 0 fully saturated rings. The van der Waals surface area contributed by atoms with Gasteiger partial charge in [0.1, 0.15) is 5.82 Å². The van der Waals surface area contributed by atoms with Crippen LogP contribution in [0.4, 0.5) is 34.1 Å². The summed E-state index contributed by atoms with van der Waals surface area (Å²) >= 11 is 0. The molecule has 13 rings (SSSR count). The van der Waals surface area contributed by atoms with Crippen molar-refractivity contribution >= 4 is 101 Å². The van der Waals surface area contributed by atoms with Crippen LogP contribution in [0.5, 0.6) is 0 Å². The molecule has 286 valence electrons. The third-order valence-corrected chi connectivity index (χ3v) is 12.4. The minimum absolute atomic E-state index is 0. The maximum atomic E-state index is 4.89. The molecule has 0 saturated heterocycles. The van der Waals surface area contributed by atoms with Crippen molar-refractivity contribution in [1.29, 1.82) is 0 Å². The van der Waals surface area contributed by atoms with Gasteiger partial charge in [0.05, 0.1) is 0 Å². The zero-order chi connectivity index (χ0) is 39.3. The Morgan fingerprint density at radius 1 is 0.426 bits per heavy atom. The molecule has 0 saturated carbocycles. The third-order valence-electron chi connectivity index (χ3n) is 12.4. The number of hydrogen-bond donors (Lipinski definition) is 0. The van der Waals surface area contributed by atoms with Gasteiger partial charge in [-0.2, -0.15) is 11.5 Å². The molecule has 3 aromatic heterocycles. The first-order chi connectivity index (χ1) is 29.8. The number of aromatic nitrogens is 3. The third kappa shape index (κ3) is 5.25. The van der Waals surface area contributed by atoms with Gasteiger partial charge < -0.3 is 19.4 Å². The number of benzene rings is 8. The second-order valence-electron chi connectivity index (χ2n) is 15.6. The molecule has 0 N–H and O–H groups in total. The molecule has 2 aliphatic heterocycles. The molecule has 0 unspecified atom stereocenters. The number of anilines is 6. The van der Waals surface area contributed by atoms with E-state index in [1.807, 2.05) is 30.6 Å². The summed E-state index contributed by atoms with van der Waals surface area (Å²) in [5, 5.41) is 7.04. The van der Waals surface area contributed by atoms with Gasteiger partial charge >= 0.3 is 21.1 Å². The fraction of sp³-hybridized carbons (Fsp3) is 0. The summed E-state index contributed by atoms with van der Waals surface area (Å²) in [5.41, 5.74) is 14.0. The molecule has 5 nitrogen and oxygen atoms in total. The Kier molecular flexibility index (Phi) is 8.13.